The van der Waals surface area contributed by atoms with E-state index in [9.17, 15) is 13.2 Å². The summed E-state index contributed by atoms with van der Waals surface area (Å²) in [6.07, 6.45) is -2.01. The molecule has 3 rings (SSSR count). The number of aromatic nitrogens is 3. The molecule has 0 aliphatic rings. The van der Waals surface area contributed by atoms with E-state index in [1.54, 1.807) is 23.7 Å². The fraction of sp³-hybridized carbons (Fsp3) is 0.188. The van der Waals surface area contributed by atoms with Gasteiger partial charge in [-0.05, 0) is 31.2 Å². The van der Waals surface area contributed by atoms with Crippen LogP contribution in [0.4, 0.5) is 24.1 Å². The Morgan fingerprint density at radius 3 is 2.52 bits per heavy atom. The van der Waals surface area contributed by atoms with Gasteiger partial charge in [0.15, 0.2) is 5.13 Å². The van der Waals surface area contributed by atoms with E-state index >= 15 is 0 Å². The third-order valence-electron chi connectivity index (χ3n) is 3.14. The lowest BCUT2D eigenvalue weighted by molar-refractivity contribution is -0.137. The summed E-state index contributed by atoms with van der Waals surface area (Å²) < 4.78 is 42.9. The van der Waals surface area contributed by atoms with Gasteiger partial charge in [-0.25, -0.2) is 9.97 Å². The van der Waals surface area contributed by atoms with Crippen LogP contribution in [-0.4, -0.2) is 21.6 Å². The van der Waals surface area contributed by atoms with Gasteiger partial charge in [-0.3, -0.25) is 4.98 Å². The van der Waals surface area contributed by atoms with Gasteiger partial charge < -0.3 is 10.1 Å². The van der Waals surface area contributed by atoms with Crippen LogP contribution in [0.3, 0.4) is 0 Å². The molecule has 1 N–H and O–H groups in total. The average molecular weight is 366 g/mol. The number of nitrogens with zero attached hydrogens (tertiary/aromatic N) is 3. The molecule has 0 aliphatic carbocycles. The zero-order valence-electron chi connectivity index (χ0n) is 13.0. The van der Waals surface area contributed by atoms with Crippen molar-refractivity contribution in [1.29, 1.82) is 0 Å². The first-order valence-corrected chi connectivity index (χ1v) is 8.18. The maximum Gasteiger partial charge on any atom is 0.417 e. The van der Waals surface area contributed by atoms with Crippen LogP contribution in [0.5, 0.6) is 5.75 Å². The topological polar surface area (TPSA) is 59.9 Å². The Bertz CT molecular complexity index is 832. The van der Waals surface area contributed by atoms with E-state index in [0.29, 0.717) is 28.9 Å². The molecule has 0 saturated heterocycles. The number of anilines is 2. The summed E-state index contributed by atoms with van der Waals surface area (Å²) in [5.74, 6) is 0.960. The van der Waals surface area contributed by atoms with Gasteiger partial charge in [-0.15, -0.1) is 11.3 Å². The number of ether oxygens (including phenoxy) is 1. The first kappa shape index (κ1) is 17.2. The first-order chi connectivity index (χ1) is 12.0. The van der Waals surface area contributed by atoms with Crippen molar-refractivity contribution in [1.82, 2.24) is 15.0 Å². The normalized spacial score (nSPS) is 11.4. The first-order valence-electron chi connectivity index (χ1n) is 7.30. The van der Waals surface area contributed by atoms with E-state index in [0.717, 1.165) is 12.3 Å². The summed E-state index contributed by atoms with van der Waals surface area (Å²) in [6.45, 7) is 2.45. The fourth-order valence-corrected chi connectivity index (χ4v) is 2.69. The molecule has 0 saturated carbocycles. The molecule has 130 valence electrons. The van der Waals surface area contributed by atoms with E-state index in [1.165, 1.54) is 17.4 Å². The molecule has 0 unspecified atom stereocenters. The molecule has 0 bridgehead atoms. The maximum absolute atomic E-state index is 12.5. The summed E-state index contributed by atoms with van der Waals surface area (Å²) in [5.41, 5.74) is 0.534. The van der Waals surface area contributed by atoms with Crippen molar-refractivity contribution in [3.8, 4) is 17.1 Å². The molecule has 0 atom stereocenters. The monoisotopic (exact) mass is 366 g/mol. The Labute approximate surface area is 145 Å². The molecule has 0 fully saturated rings. The van der Waals surface area contributed by atoms with Crippen molar-refractivity contribution < 1.29 is 17.9 Å². The second kappa shape index (κ2) is 7.06. The number of thiazole rings is 1. The predicted octanol–water partition coefficient (Wildman–Crippen LogP) is 4.76. The highest BCUT2D eigenvalue weighted by Gasteiger charge is 2.30. The molecule has 0 aliphatic heterocycles. The molecule has 0 radical (unpaired) electrons. The molecule has 25 heavy (non-hydrogen) atoms. The summed E-state index contributed by atoms with van der Waals surface area (Å²) in [5, 5.41) is 5.19. The second-order valence-electron chi connectivity index (χ2n) is 4.90. The highest BCUT2D eigenvalue weighted by Crippen LogP contribution is 2.30. The minimum absolute atomic E-state index is 0.286. The smallest absolute Gasteiger partial charge is 0.417 e. The Morgan fingerprint density at radius 1 is 1.08 bits per heavy atom. The number of rotatable bonds is 5. The molecule has 3 aromatic rings. The van der Waals surface area contributed by atoms with Gasteiger partial charge in [-0.2, -0.15) is 13.2 Å². The van der Waals surface area contributed by atoms with Gasteiger partial charge in [0.1, 0.15) is 17.3 Å². The van der Waals surface area contributed by atoms with E-state index in [-0.39, 0.29) is 5.82 Å². The molecule has 0 spiro atoms. The molecule has 9 heteroatoms. The van der Waals surface area contributed by atoms with Crippen molar-refractivity contribution >= 4 is 22.3 Å². The van der Waals surface area contributed by atoms with Crippen molar-refractivity contribution in [2.75, 3.05) is 11.9 Å². The second-order valence-corrected chi connectivity index (χ2v) is 5.76. The summed E-state index contributed by atoms with van der Waals surface area (Å²) >= 11 is 1.31. The van der Waals surface area contributed by atoms with Crippen molar-refractivity contribution in [2.24, 2.45) is 0 Å². The van der Waals surface area contributed by atoms with E-state index in [2.05, 4.69) is 20.3 Å². The van der Waals surface area contributed by atoms with Crippen LogP contribution in [0, 0.1) is 0 Å². The largest absolute Gasteiger partial charge is 0.492 e. The minimum atomic E-state index is -4.40. The van der Waals surface area contributed by atoms with Gasteiger partial charge in [0, 0.05) is 11.6 Å². The molecule has 0 aromatic carbocycles. The standard InChI is InChI=1S/C16H13F3N4OS/c1-2-24-11-4-5-12(20-8-11)13-9-25-15(22-13)23-14-6-3-10(7-21-14)16(17,18)19/h3-9H,2H2,1H3,(H,21,22,23). The van der Waals surface area contributed by atoms with Crippen LogP contribution in [0.25, 0.3) is 11.4 Å². The fourth-order valence-electron chi connectivity index (χ4n) is 1.98. The van der Waals surface area contributed by atoms with Gasteiger partial charge >= 0.3 is 6.18 Å². The highest BCUT2D eigenvalue weighted by atomic mass is 32.1. The van der Waals surface area contributed by atoms with Crippen LogP contribution < -0.4 is 10.1 Å². The Hall–Kier alpha value is -2.68. The number of nitrogens with one attached hydrogen (secondary N) is 1. The molecule has 3 aromatic heterocycles. The zero-order chi connectivity index (χ0) is 17.9. The third-order valence-corrected chi connectivity index (χ3v) is 3.90. The lowest BCUT2D eigenvalue weighted by Crippen LogP contribution is -2.05. The number of pyridine rings is 2. The lowest BCUT2D eigenvalue weighted by atomic mass is 10.3. The Kier molecular flexibility index (Phi) is 4.84. The molecular formula is C16H13F3N4OS. The van der Waals surface area contributed by atoms with Crippen LogP contribution in [0.15, 0.2) is 42.0 Å². The number of hydrogen-bond donors (Lipinski definition) is 1. The zero-order valence-corrected chi connectivity index (χ0v) is 13.9. The van der Waals surface area contributed by atoms with Crippen molar-refractivity contribution in [3.63, 3.8) is 0 Å². The average Bonchev–Trinajstić information content (AvgIpc) is 3.04. The molecular weight excluding hydrogens is 353 g/mol. The van der Waals surface area contributed by atoms with Gasteiger partial charge in [-0.1, -0.05) is 0 Å². The van der Waals surface area contributed by atoms with Crippen molar-refractivity contribution in [2.45, 2.75) is 13.1 Å². The third kappa shape index (κ3) is 4.24. The SMILES string of the molecule is CCOc1ccc(-c2csc(Nc3ccc(C(F)(F)F)cn3)n2)nc1. The van der Waals surface area contributed by atoms with Crippen LogP contribution >= 0.6 is 11.3 Å². The Balaban J connectivity index is 1.71. The van der Waals surface area contributed by atoms with Crippen LogP contribution in [0.2, 0.25) is 0 Å². The number of alkyl halides is 3. The summed E-state index contributed by atoms with van der Waals surface area (Å²) in [6, 6.07) is 5.83. The molecule has 3 heterocycles. The molecule has 5 nitrogen and oxygen atoms in total. The quantitative estimate of drug-likeness (QED) is 0.705. The van der Waals surface area contributed by atoms with Gasteiger partial charge in [0.05, 0.1) is 24.1 Å². The Morgan fingerprint density at radius 2 is 1.92 bits per heavy atom. The van der Waals surface area contributed by atoms with Crippen molar-refractivity contribution in [3.05, 3.63) is 47.6 Å². The number of hydrogen-bond acceptors (Lipinski definition) is 6. The number of halogens is 3. The van der Waals surface area contributed by atoms with Crippen LogP contribution in [-0.2, 0) is 6.18 Å². The van der Waals surface area contributed by atoms with E-state index in [4.69, 9.17) is 4.74 Å². The maximum atomic E-state index is 12.5. The van der Waals surface area contributed by atoms with E-state index < -0.39 is 11.7 Å². The van der Waals surface area contributed by atoms with Crippen LogP contribution in [0.1, 0.15) is 12.5 Å². The predicted molar refractivity (Wildman–Crippen MR) is 89.0 cm³/mol. The molecule has 0 amide bonds. The van der Waals surface area contributed by atoms with E-state index in [1.807, 2.05) is 6.92 Å². The highest BCUT2D eigenvalue weighted by molar-refractivity contribution is 7.14. The summed E-state index contributed by atoms with van der Waals surface area (Å²) in [4.78, 5) is 12.4. The summed E-state index contributed by atoms with van der Waals surface area (Å²) in [7, 11) is 0. The van der Waals surface area contributed by atoms with Gasteiger partial charge in [0.25, 0.3) is 0 Å². The minimum Gasteiger partial charge on any atom is -0.492 e. The lowest BCUT2D eigenvalue weighted by Gasteiger charge is -2.07. The van der Waals surface area contributed by atoms with Gasteiger partial charge in [0.2, 0.25) is 0 Å².